The van der Waals surface area contributed by atoms with E-state index in [0.717, 1.165) is 67.2 Å². The van der Waals surface area contributed by atoms with Crippen molar-refractivity contribution in [1.29, 1.82) is 0 Å². The van der Waals surface area contributed by atoms with Gasteiger partial charge in [-0.25, -0.2) is 0 Å². The molecule has 0 amide bonds. The largest absolute Gasteiger partial charge is 0.289 e. The Morgan fingerprint density at radius 3 is 1.37 bits per heavy atom. The number of Topliss-reactive ketones (excluding diaryl/α,β-unsaturated/α-hetero) is 2. The lowest BCUT2D eigenvalue weighted by Crippen LogP contribution is -2.31. The highest BCUT2D eigenvalue weighted by Gasteiger charge is 2.41. The van der Waals surface area contributed by atoms with Crippen LogP contribution in [0.4, 0.5) is 0 Å². The molecule has 2 atom stereocenters. The van der Waals surface area contributed by atoms with Gasteiger partial charge in [0.1, 0.15) is 0 Å². The average molecular weight is 587 g/mol. The van der Waals surface area contributed by atoms with Crippen molar-refractivity contribution in [3.63, 3.8) is 0 Å². The zero-order chi connectivity index (χ0) is 32.4. The summed E-state index contributed by atoms with van der Waals surface area (Å²) >= 11 is 0. The number of allylic oxidation sites excluding steroid dienone is 12. The maximum absolute atomic E-state index is 14.0. The Labute approximate surface area is 265 Å². The molecule has 43 heavy (non-hydrogen) atoms. The molecule has 0 aromatic heterocycles. The van der Waals surface area contributed by atoms with E-state index in [1.165, 1.54) is 22.3 Å². The zero-order valence-corrected chi connectivity index (χ0v) is 29.9. The van der Waals surface area contributed by atoms with E-state index in [4.69, 9.17) is 0 Å². The van der Waals surface area contributed by atoms with Crippen LogP contribution >= 0.6 is 0 Å². The van der Waals surface area contributed by atoms with Gasteiger partial charge in [-0.15, -0.1) is 0 Å². The van der Waals surface area contributed by atoms with Crippen molar-refractivity contribution in [3.05, 3.63) is 68.9 Å². The zero-order valence-electron chi connectivity index (χ0n) is 29.9. The van der Waals surface area contributed by atoms with Gasteiger partial charge in [0.15, 0.2) is 11.6 Å². The fourth-order valence-corrected chi connectivity index (χ4v) is 6.82. The van der Waals surface area contributed by atoms with E-state index in [1.54, 1.807) is 0 Å². The van der Waals surface area contributed by atoms with E-state index in [0.29, 0.717) is 25.7 Å². The van der Waals surface area contributed by atoms with Crippen LogP contribution in [0.3, 0.4) is 0 Å². The van der Waals surface area contributed by atoms with Crippen LogP contribution in [0.2, 0.25) is 0 Å². The number of ketones is 2. The summed E-state index contributed by atoms with van der Waals surface area (Å²) < 4.78 is 0. The number of rotatable bonds is 12. The molecule has 0 heterocycles. The van der Waals surface area contributed by atoms with Gasteiger partial charge in [-0.3, -0.25) is 9.59 Å². The Morgan fingerprint density at radius 2 is 1.02 bits per heavy atom. The molecule has 238 valence electrons. The van der Waals surface area contributed by atoms with Crippen LogP contribution in [0.25, 0.3) is 0 Å². The lowest BCUT2D eigenvalue weighted by molar-refractivity contribution is -0.117. The van der Waals surface area contributed by atoms with Crippen LogP contribution < -0.4 is 0 Å². The summed E-state index contributed by atoms with van der Waals surface area (Å²) in [4.78, 5) is 27.9. The Balaban J connectivity index is 1.75. The van der Waals surface area contributed by atoms with Gasteiger partial charge in [0.2, 0.25) is 0 Å². The van der Waals surface area contributed by atoms with Gasteiger partial charge in [0, 0.05) is 22.3 Å². The van der Waals surface area contributed by atoms with Gasteiger partial charge < -0.3 is 0 Å². The molecular formula is C41H62O2. The van der Waals surface area contributed by atoms with E-state index in [1.807, 2.05) is 0 Å². The number of carbonyl (C=O) groups excluding carboxylic acids is 2. The minimum Gasteiger partial charge on any atom is -0.289 e. The highest BCUT2D eigenvalue weighted by atomic mass is 16.1. The molecule has 0 aromatic rings. The molecule has 2 heteroatoms. The van der Waals surface area contributed by atoms with Crippen molar-refractivity contribution < 1.29 is 9.59 Å². The molecular weight excluding hydrogens is 524 g/mol. The van der Waals surface area contributed by atoms with Crippen molar-refractivity contribution in [2.75, 3.05) is 0 Å². The first kappa shape index (κ1) is 35.3. The molecule has 2 unspecified atom stereocenters. The van der Waals surface area contributed by atoms with Crippen LogP contribution in [0.5, 0.6) is 0 Å². The quantitative estimate of drug-likeness (QED) is 0.168. The fraction of sp³-hybridized carbons (Fsp3) is 0.659. The third-order valence-electron chi connectivity index (χ3n) is 12.2. The number of hydrogen-bond donors (Lipinski definition) is 0. The van der Waals surface area contributed by atoms with Crippen LogP contribution in [0.1, 0.15) is 154 Å². The molecule has 0 fully saturated rings. The van der Waals surface area contributed by atoms with Crippen LogP contribution in [0, 0.1) is 21.7 Å². The SMILES string of the molecule is CCC(C)(C)C(C)=CCCC(C)(CC)C1=CCC2=C(C1)C(=O)C1=C(CC(C(C)(CC)CCC=C(C)C(C)(C)C)=CC1)C2=O. The average Bonchev–Trinajstić information content (AvgIpc) is 2.98. The number of carbonyl (C=O) groups is 2. The molecule has 0 N–H and O–H groups in total. The smallest absolute Gasteiger partial charge is 0.186 e. The lowest BCUT2D eigenvalue weighted by Gasteiger charge is -2.38. The van der Waals surface area contributed by atoms with Crippen LogP contribution in [-0.4, -0.2) is 11.6 Å². The summed E-state index contributed by atoms with van der Waals surface area (Å²) in [5.74, 6) is 0.289. The van der Waals surface area contributed by atoms with Crippen molar-refractivity contribution in [3.8, 4) is 0 Å². The van der Waals surface area contributed by atoms with Crippen molar-refractivity contribution in [2.24, 2.45) is 21.7 Å². The predicted octanol–water partition coefficient (Wildman–Crippen LogP) is 11.9. The lowest BCUT2D eigenvalue weighted by atomic mass is 9.65. The Morgan fingerprint density at radius 1 is 0.628 bits per heavy atom. The first-order chi connectivity index (χ1) is 19.9. The van der Waals surface area contributed by atoms with Crippen LogP contribution in [0.15, 0.2) is 68.9 Å². The van der Waals surface area contributed by atoms with E-state index in [-0.39, 0.29) is 33.2 Å². The number of hydrogen-bond acceptors (Lipinski definition) is 2. The molecule has 3 aliphatic rings. The third-order valence-corrected chi connectivity index (χ3v) is 12.2. The maximum Gasteiger partial charge on any atom is 0.186 e. The van der Waals surface area contributed by atoms with Gasteiger partial charge in [-0.05, 0) is 106 Å². The topological polar surface area (TPSA) is 34.1 Å². The minimum atomic E-state index is 0.0338. The van der Waals surface area contributed by atoms with Crippen LogP contribution in [-0.2, 0) is 9.59 Å². The van der Waals surface area contributed by atoms with Gasteiger partial charge in [0.25, 0.3) is 0 Å². The van der Waals surface area contributed by atoms with E-state index in [9.17, 15) is 9.59 Å². The van der Waals surface area contributed by atoms with E-state index >= 15 is 0 Å². The summed E-state index contributed by atoms with van der Waals surface area (Å²) in [6, 6.07) is 0. The molecule has 0 saturated heterocycles. The van der Waals surface area contributed by atoms with Crippen molar-refractivity contribution in [1.82, 2.24) is 0 Å². The van der Waals surface area contributed by atoms with Gasteiger partial charge in [-0.2, -0.15) is 0 Å². The summed E-state index contributed by atoms with van der Waals surface area (Å²) in [5.41, 5.74) is 9.21. The fourth-order valence-electron chi connectivity index (χ4n) is 6.82. The molecule has 2 nitrogen and oxygen atoms in total. The van der Waals surface area contributed by atoms with Crippen molar-refractivity contribution in [2.45, 2.75) is 154 Å². The Bertz CT molecular complexity index is 1300. The first-order valence-electron chi connectivity index (χ1n) is 17.2. The normalized spacial score (nSPS) is 21.7. The Kier molecular flexibility index (Phi) is 11.0. The molecule has 0 aliphatic heterocycles. The molecule has 0 bridgehead atoms. The predicted molar refractivity (Wildman–Crippen MR) is 185 cm³/mol. The molecule has 0 saturated carbocycles. The molecule has 0 spiro atoms. The van der Waals surface area contributed by atoms with E-state index in [2.05, 4.69) is 107 Å². The second-order valence-electron chi connectivity index (χ2n) is 16.0. The summed E-state index contributed by atoms with van der Waals surface area (Å²) in [5, 5.41) is 0. The van der Waals surface area contributed by atoms with Gasteiger partial charge in [0.05, 0.1) is 0 Å². The monoisotopic (exact) mass is 586 g/mol. The van der Waals surface area contributed by atoms with Gasteiger partial charge in [-0.1, -0.05) is 116 Å². The van der Waals surface area contributed by atoms with Crippen molar-refractivity contribution >= 4 is 11.6 Å². The standard InChI is InChI=1S/C41H62O2/c1-13-39(9,10)29(5)19-17-25-41(12,15-3)31-21-23-33-35(27-31)37(43)32-22-20-30(26-34(32)36(33)42)40(11,14-2)24-16-18-28(4)38(6,7)8/h18-21H,13-17,22-27H2,1-12H3. The second kappa shape index (κ2) is 13.4. The third kappa shape index (κ3) is 7.54. The molecule has 3 rings (SSSR count). The molecule has 0 aromatic carbocycles. The summed E-state index contributed by atoms with van der Waals surface area (Å²) in [6.07, 6.45) is 19.3. The first-order valence-corrected chi connectivity index (χ1v) is 17.2. The molecule has 0 radical (unpaired) electrons. The minimum absolute atomic E-state index is 0.0338. The molecule has 3 aliphatic carbocycles. The maximum atomic E-state index is 14.0. The highest BCUT2D eigenvalue weighted by Crippen LogP contribution is 2.49. The van der Waals surface area contributed by atoms with Gasteiger partial charge >= 0.3 is 0 Å². The second-order valence-corrected chi connectivity index (χ2v) is 16.0. The summed E-state index contributed by atoms with van der Waals surface area (Å²) in [7, 11) is 0. The summed E-state index contributed by atoms with van der Waals surface area (Å²) in [6.45, 7) is 27.4. The Hall–Kier alpha value is -2.22. The highest BCUT2D eigenvalue weighted by molar-refractivity contribution is 6.26. The van der Waals surface area contributed by atoms with E-state index < -0.39 is 0 Å².